The summed E-state index contributed by atoms with van der Waals surface area (Å²) >= 11 is 0. The largest absolute Gasteiger partial charge is 0.496 e. The van der Waals surface area contributed by atoms with Crippen molar-refractivity contribution in [3.63, 3.8) is 0 Å². The predicted molar refractivity (Wildman–Crippen MR) is 66.8 cm³/mol. The maximum atomic E-state index is 9.89. The van der Waals surface area contributed by atoms with Crippen LogP contribution in [0.15, 0.2) is 12.1 Å². The molecule has 0 heterocycles. The molecule has 0 aromatic heterocycles. The predicted octanol–water partition coefficient (Wildman–Crippen LogP) is 2.47. The first-order chi connectivity index (χ1) is 8.08. The summed E-state index contributed by atoms with van der Waals surface area (Å²) in [6.07, 6.45) is 3.42. The number of aliphatic hydroxyl groups is 1. The molecule has 1 N–H and O–H groups in total. The van der Waals surface area contributed by atoms with Crippen LogP contribution in [-0.2, 0) is 6.42 Å². The summed E-state index contributed by atoms with van der Waals surface area (Å²) in [7, 11) is 3.34. The van der Waals surface area contributed by atoms with Crippen LogP contribution in [0.3, 0.4) is 0 Å². The highest BCUT2D eigenvalue weighted by molar-refractivity contribution is 5.48. The average Bonchev–Trinajstić information content (AvgIpc) is 3.04. The molecule has 0 bridgehead atoms. The Labute approximate surface area is 102 Å². The Hall–Kier alpha value is -1.22. The van der Waals surface area contributed by atoms with E-state index in [0.29, 0.717) is 0 Å². The Balaban J connectivity index is 2.22. The van der Waals surface area contributed by atoms with E-state index in [0.717, 1.165) is 48.3 Å². The fraction of sp³-hybridized carbons (Fsp3) is 0.571. The van der Waals surface area contributed by atoms with Crippen molar-refractivity contribution in [3.8, 4) is 11.5 Å². The lowest BCUT2D eigenvalue weighted by Gasteiger charge is -2.15. The molecule has 3 nitrogen and oxygen atoms in total. The lowest BCUT2D eigenvalue weighted by Crippen LogP contribution is -2.09. The number of rotatable bonds is 5. The Morgan fingerprint density at radius 3 is 2.12 bits per heavy atom. The smallest absolute Gasteiger partial charge is 0.126 e. The molecule has 1 aromatic rings. The molecule has 0 atom stereocenters. The van der Waals surface area contributed by atoms with E-state index in [1.807, 2.05) is 19.1 Å². The van der Waals surface area contributed by atoms with Gasteiger partial charge in [-0.15, -0.1) is 0 Å². The molecule has 0 aliphatic heterocycles. The van der Waals surface area contributed by atoms with Crippen LogP contribution in [0.25, 0.3) is 0 Å². The minimum Gasteiger partial charge on any atom is -0.496 e. The minimum absolute atomic E-state index is 0.430. The van der Waals surface area contributed by atoms with Gasteiger partial charge in [0.1, 0.15) is 11.5 Å². The van der Waals surface area contributed by atoms with E-state index in [9.17, 15) is 5.11 Å². The summed E-state index contributed by atoms with van der Waals surface area (Å²) in [6, 6.07) is 4.02. The third-order valence-electron chi connectivity index (χ3n) is 3.42. The van der Waals surface area contributed by atoms with Crippen LogP contribution in [0.5, 0.6) is 11.5 Å². The number of methoxy groups -OCH3 is 2. The van der Waals surface area contributed by atoms with Crippen molar-refractivity contribution >= 4 is 0 Å². The third-order valence-corrected chi connectivity index (χ3v) is 3.42. The molecule has 1 saturated carbocycles. The van der Waals surface area contributed by atoms with Crippen molar-refractivity contribution in [2.24, 2.45) is 0 Å². The molecule has 0 spiro atoms. The van der Waals surface area contributed by atoms with Gasteiger partial charge < -0.3 is 14.6 Å². The summed E-state index contributed by atoms with van der Waals surface area (Å²) in [5, 5.41) is 9.89. The first kappa shape index (κ1) is 12.2. The molecule has 0 amide bonds. The maximum absolute atomic E-state index is 9.89. The lowest BCUT2D eigenvalue weighted by atomic mass is 10.0. The lowest BCUT2D eigenvalue weighted by molar-refractivity contribution is 0.140. The van der Waals surface area contributed by atoms with E-state index in [-0.39, 0.29) is 0 Å². The molecule has 1 fully saturated rings. The van der Waals surface area contributed by atoms with Crippen LogP contribution in [0.1, 0.15) is 30.4 Å². The highest BCUT2D eigenvalue weighted by atomic mass is 16.5. The quantitative estimate of drug-likeness (QED) is 0.853. The first-order valence-corrected chi connectivity index (χ1v) is 6.02. The van der Waals surface area contributed by atoms with Crippen molar-refractivity contribution in [1.82, 2.24) is 0 Å². The molecule has 3 heteroatoms. The van der Waals surface area contributed by atoms with Crippen molar-refractivity contribution in [2.45, 2.75) is 38.2 Å². The fourth-order valence-corrected chi connectivity index (χ4v) is 2.11. The van der Waals surface area contributed by atoms with Gasteiger partial charge in [0.15, 0.2) is 0 Å². The highest BCUT2D eigenvalue weighted by Crippen LogP contribution is 2.41. The van der Waals surface area contributed by atoms with Gasteiger partial charge >= 0.3 is 0 Å². The number of benzene rings is 1. The molecule has 1 aliphatic rings. The van der Waals surface area contributed by atoms with Gasteiger partial charge in [-0.2, -0.15) is 0 Å². The van der Waals surface area contributed by atoms with E-state index < -0.39 is 5.60 Å². The van der Waals surface area contributed by atoms with E-state index in [4.69, 9.17) is 9.47 Å². The standard InChI is InChI=1S/C14H20O3/c1-10-8-12(16-2)11(13(9-10)17-3)4-5-14(15)6-7-14/h8-9,15H,4-7H2,1-3H3. The zero-order valence-electron chi connectivity index (χ0n) is 10.7. The molecule has 1 aromatic carbocycles. The Bertz CT molecular complexity index is 383. The molecular formula is C14H20O3. The molecule has 0 saturated heterocycles. The molecule has 1 aliphatic carbocycles. The van der Waals surface area contributed by atoms with Gasteiger partial charge in [-0.3, -0.25) is 0 Å². The summed E-state index contributed by atoms with van der Waals surface area (Å²) < 4.78 is 10.8. The van der Waals surface area contributed by atoms with Gasteiger partial charge in [0.25, 0.3) is 0 Å². The van der Waals surface area contributed by atoms with Crippen LogP contribution in [0, 0.1) is 6.92 Å². The summed E-state index contributed by atoms with van der Waals surface area (Å²) in [5.74, 6) is 1.71. The summed E-state index contributed by atoms with van der Waals surface area (Å²) in [5.41, 5.74) is 1.74. The van der Waals surface area contributed by atoms with Crippen LogP contribution in [0.2, 0.25) is 0 Å². The Morgan fingerprint density at radius 1 is 1.18 bits per heavy atom. The zero-order chi connectivity index (χ0) is 12.5. The van der Waals surface area contributed by atoms with Crippen LogP contribution in [-0.4, -0.2) is 24.9 Å². The molecule has 0 unspecified atom stereocenters. The second-order valence-corrected chi connectivity index (χ2v) is 4.87. The van der Waals surface area contributed by atoms with Gasteiger partial charge in [-0.1, -0.05) is 0 Å². The van der Waals surface area contributed by atoms with Gasteiger partial charge in [0.2, 0.25) is 0 Å². The second-order valence-electron chi connectivity index (χ2n) is 4.87. The van der Waals surface area contributed by atoms with Gasteiger partial charge in [0.05, 0.1) is 19.8 Å². The first-order valence-electron chi connectivity index (χ1n) is 6.02. The van der Waals surface area contributed by atoms with E-state index >= 15 is 0 Å². The maximum Gasteiger partial charge on any atom is 0.126 e. The normalized spacial score (nSPS) is 16.7. The van der Waals surface area contributed by atoms with Crippen LogP contribution >= 0.6 is 0 Å². The van der Waals surface area contributed by atoms with Crippen molar-refractivity contribution < 1.29 is 14.6 Å². The molecular weight excluding hydrogens is 216 g/mol. The van der Waals surface area contributed by atoms with E-state index in [1.54, 1.807) is 14.2 Å². The van der Waals surface area contributed by atoms with Gasteiger partial charge in [-0.05, 0) is 50.3 Å². The number of hydrogen-bond donors (Lipinski definition) is 1. The van der Waals surface area contributed by atoms with Crippen LogP contribution in [0.4, 0.5) is 0 Å². The van der Waals surface area contributed by atoms with Crippen molar-refractivity contribution in [1.29, 1.82) is 0 Å². The monoisotopic (exact) mass is 236 g/mol. The van der Waals surface area contributed by atoms with E-state index in [1.165, 1.54) is 0 Å². The highest BCUT2D eigenvalue weighted by Gasteiger charge is 2.39. The summed E-state index contributed by atoms with van der Waals surface area (Å²) in [4.78, 5) is 0. The number of aryl methyl sites for hydroxylation is 1. The summed E-state index contributed by atoms with van der Waals surface area (Å²) in [6.45, 7) is 2.02. The van der Waals surface area contributed by atoms with Gasteiger partial charge in [0, 0.05) is 5.56 Å². The van der Waals surface area contributed by atoms with Crippen molar-refractivity contribution in [2.75, 3.05) is 14.2 Å². The second kappa shape index (κ2) is 4.57. The van der Waals surface area contributed by atoms with Crippen molar-refractivity contribution in [3.05, 3.63) is 23.3 Å². The molecule has 2 rings (SSSR count). The SMILES string of the molecule is COc1cc(C)cc(OC)c1CCC1(O)CC1. The number of ether oxygens (including phenoxy) is 2. The van der Waals surface area contributed by atoms with E-state index in [2.05, 4.69) is 0 Å². The Kier molecular flexibility index (Phi) is 3.29. The average molecular weight is 236 g/mol. The third kappa shape index (κ3) is 2.72. The van der Waals surface area contributed by atoms with Crippen LogP contribution < -0.4 is 9.47 Å². The number of hydrogen-bond acceptors (Lipinski definition) is 3. The fourth-order valence-electron chi connectivity index (χ4n) is 2.11. The molecule has 0 radical (unpaired) electrons. The zero-order valence-corrected chi connectivity index (χ0v) is 10.7. The Morgan fingerprint density at radius 2 is 1.71 bits per heavy atom. The molecule has 17 heavy (non-hydrogen) atoms. The molecule has 94 valence electrons. The van der Waals surface area contributed by atoms with Gasteiger partial charge in [-0.25, -0.2) is 0 Å². The minimum atomic E-state index is -0.430. The topological polar surface area (TPSA) is 38.7 Å².